The van der Waals surface area contributed by atoms with Crippen molar-refractivity contribution in [2.24, 2.45) is 0 Å². The molecule has 0 aromatic carbocycles. The zero-order valence-electron chi connectivity index (χ0n) is 6.51. The Morgan fingerprint density at radius 2 is 2.50 bits per heavy atom. The number of aliphatic hydroxyl groups excluding tert-OH is 1. The van der Waals surface area contributed by atoms with Gasteiger partial charge in [-0.05, 0) is 6.92 Å². The topological polar surface area (TPSA) is 88.2 Å². The second kappa shape index (κ2) is 3.31. The van der Waals surface area contributed by atoms with Gasteiger partial charge in [-0.15, -0.1) is 0 Å². The fraction of sp³-hybridized carbons (Fsp3) is 0.500. The van der Waals surface area contributed by atoms with Crippen LogP contribution in [-0.4, -0.2) is 37.1 Å². The first-order valence-corrected chi connectivity index (χ1v) is 3.36. The van der Waals surface area contributed by atoms with Crippen LogP contribution in [0.2, 0.25) is 0 Å². The van der Waals surface area contributed by atoms with Gasteiger partial charge in [-0.2, -0.15) is 5.10 Å². The summed E-state index contributed by atoms with van der Waals surface area (Å²) in [6.07, 6.45) is -0.0484. The number of aryl methyl sites for hydroxylation is 1. The fourth-order valence-electron chi connectivity index (χ4n) is 0.731. The van der Waals surface area contributed by atoms with Gasteiger partial charge >= 0.3 is 5.97 Å². The van der Waals surface area contributed by atoms with Gasteiger partial charge in [0.2, 0.25) is 0 Å². The maximum Gasteiger partial charge on any atom is 0.334 e. The van der Waals surface area contributed by atoms with Crippen LogP contribution >= 0.6 is 0 Å². The first-order chi connectivity index (χ1) is 5.59. The molecule has 1 heterocycles. The van der Waals surface area contributed by atoms with Crippen molar-refractivity contribution < 1.29 is 15.0 Å². The molecule has 1 atom stereocenters. The van der Waals surface area contributed by atoms with Gasteiger partial charge in [0.05, 0.1) is 6.54 Å². The number of carbonyl (C=O) groups is 1. The molecule has 0 aliphatic heterocycles. The molecule has 0 saturated carbocycles. The molecule has 0 radical (unpaired) electrons. The number of rotatable bonds is 3. The highest BCUT2D eigenvalue weighted by molar-refractivity contribution is 5.71. The van der Waals surface area contributed by atoms with Crippen molar-refractivity contribution >= 4 is 5.97 Å². The van der Waals surface area contributed by atoms with Gasteiger partial charge in [-0.1, -0.05) is 0 Å². The van der Waals surface area contributed by atoms with E-state index in [9.17, 15) is 4.79 Å². The molecular formula is C6H9N3O3. The molecule has 12 heavy (non-hydrogen) atoms. The molecule has 0 unspecified atom stereocenters. The third-order valence-corrected chi connectivity index (χ3v) is 1.30. The van der Waals surface area contributed by atoms with E-state index in [1.807, 2.05) is 0 Å². The predicted octanol–water partition coefficient (Wildman–Crippen LogP) is -0.968. The van der Waals surface area contributed by atoms with Gasteiger partial charge < -0.3 is 10.2 Å². The van der Waals surface area contributed by atoms with E-state index in [4.69, 9.17) is 10.2 Å². The monoisotopic (exact) mass is 171 g/mol. The van der Waals surface area contributed by atoms with Gasteiger partial charge in [-0.3, -0.25) is 0 Å². The van der Waals surface area contributed by atoms with E-state index < -0.39 is 12.1 Å². The summed E-state index contributed by atoms with van der Waals surface area (Å²) in [7, 11) is 0. The van der Waals surface area contributed by atoms with Gasteiger partial charge in [0.15, 0.2) is 6.10 Å². The summed E-state index contributed by atoms with van der Waals surface area (Å²) in [6.45, 7) is 1.61. The number of carboxylic acids is 1. The van der Waals surface area contributed by atoms with E-state index >= 15 is 0 Å². The summed E-state index contributed by atoms with van der Waals surface area (Å²) in [5, 5.41) is 21.1. The van der Waals surface area contributed by atoms with Crippen LogP contribution in [0, 0.1) is 6.92 Å². The van der Waals surface area contributed by atoms with E-state index in [1.165, 1.54) is 11.0 Å². The van der Waals surface area contributed by atoms with Crippen molar-refractivity contribution in [2.75, 3.05) is 0 Å². The second-order valence-corrected chi connectivity index (χ2v) is 2.37. The predicted molar refractivity (Wildman–Crippen MR) is 38.4 cm³/mol. The maximum absolute atomic E-state index is 10.2. The van der Waals surface area contributed by atoms with E-state index in [2.05, 4.69) is 10.1 Å². The normalized spacial score (nSPS) is 12.8. The zero-order valence-corrected chi connectivity index (χ0v) is 6.51. The van der Waals surface area contributed by atoms with Crippen molar-refractivity contribution in [1.29, 1.82) is 0 Å². The lowest BCUT2D eigenvalue weighted by Gasteiger charge is -2.03. The summed E-state index contributed by atoms with van der Waals surface area (Å²) < 4.78 is 1.29. The molecule has 6 heteroatoms. The Kier molecular flexibility index (Phi) is 2.39. The highest BCUT2D eigenvalue weighted by Crippen LogP contribution is 1.91. The quantitative estimate of drug-likeness (QED) is 0.611. The molecule has 2 N–H and O–H groups in total. The maximum atomic E-state index is 10.2. The Morgan fingerprint density at radius 3 is 2.92 bits per heavy atom. The molecule has 0 amide bonds. The SMILES string of the molecule is Cc1ncn(C[C@@H](O)C(=O)O)n1. The minimum Gasteiger partial charge on any atom is -0.479 e. The summed E-state index contributed by atoms with van der Waals surface area (Å²) in [6, 6.07) is 0. The van der Waals surface area contributed by atoms with Gasteiger partial charge in [0.25, 0.3) is 0 Å². The molecule has 1 aromatic rings. The number of aromatic nitrogens is 3. The first-order valence-electron chi connectivity index (χ1n) is 3.36. The number of hydrogen-bond acceptors (Lipinski definition) is 4. The fourth-order valence-corrected chi connectivity index (χ4v) is 0.731. The average molecular weight is 171 g/mol. The van der Waals surface area contributed by atoms with Crippen molar-refractivity contribution in [1.82, 2.24) is 14.8 Å². The third kappa shape index (κ3) is 2.03. The molecule has 0 fully saturated rings. The van der Waals surface area contributed by atoms with Gasteiger partial charge in [0, 0.05) is 0 Å². The lowest BCUT2D eigenvalue weighted by atomic mass is 10.4. The number of aliphatic hydroxyl groups is 1. The number of carboxylic acid groups (broad SMARTS) is 1. The van der Waals surface area contributed by atoms with E-state index in [0.29, 0.717) is 5.82 Å². The second-order valence-electron chi connectivity index (χ2n) is 2.37. The lowest BCUT2D eigenvalue weighted by Crippen LogP contribution is -2.25. The molecule has 0 aliphatic carbocycles. The van der Waals surface area contributed by atoms with Crippen LogP contribution in [0.4, 0.5) is 0 Å². The molecule has 66 valence electrons. The van der Waals surface area contributed by atoms with E-state index in [-0.39, 0.29) is 6.54 Å². The molecule has 0 bridgehead atoms. The summed E-state index contributed by atoms with van der Waals surface area (Å²) in [4.78, 5) is 14.0. The minimum atomic E-state index is -1.42. The van der Waals surface area contributed by atoms with Crippen LogP contribution in [0.25, 0.3) is 0 Å². The highest BCUT2D eigenvalue weighted by Gasteiger charge is 2.13. The van der Waals surface area contributed by atoms with Gasteiger partial charge in [0.1, 0.15) is 12.2 Å². The Balaban J connectivity index is 2.58. The van der Waals surface area contributed by atoms with Crippen LogP contribution in [0.1, 0.15) is 5.82 Å². The smallest absolute Gasteiger partial charge is 0.334 e. The largest absolute Gasteiger partial charge is 0.479 e. The van der Waals surface area contributed by atoms with Crippen molar-refractivity contribution in [2.45, 2.75) is 19.6 Å². The Morgan fingerprint density at radius 1 is 1.83 bits per heavy atom. The molecule has 1 aromatic heterocycles. The molecule has 0 saturated heterocycles. The highest BCUT2D eigenvalue weighted by atomic mass is 16.4. The van der Waals surface area contributed by atoms with Crippen molar-refractivity contribution in [3.8, 4) is 0 Å². The van der Waals surface area contributed by atoms with E-state index in [0.717, 1.165) is 0 Å². The Labute approximate surface area is 68.5 Å². The van der Waals surface area contributed by atoms with E-state index in [1.54, 1.807) is 6.92 Å². The zero-order chi connectivity index (χ0) is 9.14. The van der Waals surface area contributed by atoms with Crippen LogP contribution < -0.4 is 0 Å². The molecule has 1 rings (SSSR count). The standard InChI is InChI=1S/C6H9N3O3/c1-4-7-3-9(8-4)2-5(10)6(11)12/h3,5,10H,2H2,1H3,(H,11,12)/t5-/m1/s1. The van der Waals surface area contributed by atoms with Crippen LogP contribution in [-0.2, 0) is 11.3 Å². The summed E-state index contributed by atoms with van der Waals surface area (Å²) >= 11 is 0. The Hall–Kier alpha value is -1.43. The van der Waals surface area contributed by atoms with Crippen LogP contribution in [0.15, 0.2) is 6.33 Å². The molecule has 0 spiro atoms. The van der Waals surface area contributed by atoms with Crippen molar-refractivity contribution in [3.63, 3.8) is 0 Å². The van der Waals surface area contributed by atoms with Gasteiger partial charge in [-0.25, -0.2) is 14.5 Å². The minimum absolute atomic E-state index is 0.0732. The van der Waals surface area contributed by atoms with Crippen molar-refractivity contribution in [3.05, 3.63) is 12.2 Å². The number of hydrogen-bond donors (Lipinski definition) is 2. The lowest BCUT2D eigenvalue weighted by molar-refractivity contribution is -0.147. The van der Waals surface area contributed by atoms with Crippen LogP contribution in [0.5, 0.6) is 0 Å². The van der Waals surface area contributed by atoms with Crippen LogP contribution in [0.3, 0.4) is 0 Å². The average Bonchev–Trinajstić information content (AvgIpc) is 2.35. The molecular weight excluding hydrogens is 162 g/mol. The summed E-state index contributed by atoms with van der Waals surface area (Å²) in [5.41, 5.74) is 0. The third-order valence-electron chi connectivity index (χ3n) is 1.30. The number of nitrogens with zero attached hydrogens (tertiary/aromatic N) is 3. The number of aliphatic carboxylic acids is 1. The molecule has 6 nitrogen and oxygen atoms in total. The summed E-state index contributed by atoms with van der Waals surface area (Å²) in [5.74, 6) is -0.712. The Bertz CT molecular complexity index is 283. The first kappa shape index (κ1) is 8.66. The molecule has 0 aliphatic rings.